The SMILES string of the molecule is CNC(=O)/C(C#N)=C1/S[C@@H](Cc2ccccc2C)C(=O)N1c1ccccc1. The third-order valence-electron chi connectivity index (χ3n) is 4.41. The predicted molar refractivity (Wildman–Crippen MR) is 107 cm³/mol. The van der Waals surface area contributed by atoms with Gasteiger partial charge in [-0.3, -0.25) is 14.5 Å². The van der Waals surface area contributed by atoms with Crippen LogP contribution >= 0.6 is 11.8 Å². The van der Waals surface area contributed by atoms with Gasteiger partial charge in [0, 0.05) is 12.7 Å². The van der Waals surface area contributed by atoms with Gasteiger partial charge in [-0.2, -0.15) is 5.26 Å². The molecule has 1 saturated heterocycles. The lowest BCUT2D eigenvalue weighted by Crippen LogP contribution is -2.31. The van der Waals surface area contributed by atoms with Crippen molar-refractivity contribution >= 4 is 29.3 Å². The van der Waals surface area contributed by atoms with E-state index in [1.165, 1.54) is 23.7 Å². The van der Waals surface area contributed by atoms with Crippen LogP contribution in [0.25, 0.3) is 0 Å². The van der Waals surface area contributed by atoms with Crippen LogP contribution in [-0.2, 0) is 16.0 Å². The summed E-state index contributed by atoms with van der Waals surface area (Å²) in [5, 5.41) is 12.0. The van der Waals surface area contributed by atoms with Crippen LogP contribution in [0.15, 0.2) is 65.2 Å². The standard InChI is InChI=1S/C21H19N3O2S/c1-14-8-6-7-9-15(14)12-18-20(26)24(16-10-4-3-5-11-16)21(27-18)17(13-22)19(25)23-2/h3-11,18H,12H2,1-2H3,(H,23,25)/b21-17+/t18-/m0/s1. The van der Waals surface area contributed by atoms with E-state index in [0.717, 1.165) is 11.1 Å². The Labute approximate surface area is 162 Å². The molecule has 3 rings (SSSR count). The smallest absolute Gasteiger partial charge is 0.264 e. The Bertz CT molecular complexity index is 947. The van der Waals surface area contributed by atoms with Crippen LogP contribution in [0.2, 0.25) is 0 Å². The first-order chi connectivity index (χ1) is 13.1. The molecule has 0 unspecified atom stereocenters. The maximum Gasteiger partial charge on any atom is 0.264 e. The molecule has 0 radical (unpaired) electrons. The largest absolute Gasteiger partial charge is 0.354 e. The lowest BCUT2D eigenvalue weighted by molar-refractivity contribution is -0.117. The highest BCUT2D eigenvalue weighted by Gasteiger charge is 2.40. The summed E-state index contributed by atoms with van der Waals surface area (Å²) in [6.07, 6.45) is 0.537. The first-order valence-electron chi connectivity index (χ1n) is 8.53. The number of rotatable bonds is 4. The molecule has 1 N–H and O–H groups in total. The van der Waals surface area contributed by atoms with Gasteiger partial charge in [-0.1, -0.05) is 54.2 Å². The quantitative estimate of drug-likeness (QED) is 0.656. The lowest BCUT2D eigenvalue weighted by atomic mass is 10.0. The van der Waals surface area contributed by atoms with Crippen molar-refractivity contribution in [2.45, 2.75) is 18.6 Å². The minimum absolute atomic E-state index is 0.0491. The van der Waals surface area contributed by atoms with Crippen LogP contribution in [0.4, 0.5) is 5.69 Å². The second-order valence-electron chi connectivity index (χ2n) is 6.12. The zero-order valence-corrected chi connectivity index (χ0v) is 15.9. The van der Waals surface area contributed by atoms with Crippen LogP contribution in [0.5, 0.6) is 0 Å². The van der Waals surface area contributed by atoms with E-state index in [1.807, 2.05) is 55.5 Å². The van der Waals surface area contributed by atoms with Crippen molar-refractivity contribution in [2.24, 2.45) is 0 Å². The number of amides is 2. The van der Waals surface area contributed by atoms with Gasteiger partial charge in [0.25, 0.3) is 5.91 Å². The second-order valence-corrected chi connectivity index (χ2v) is 7.31. The third-order valence-corrected chi connectivity index (χ3v) is 5.68. The Balaban J connectivity index is 2.05. The molecule has 0 bridgehead atoms. The van der Waals surface area contributed by atoms with Gasteiger partial charge in [-0.15, -0.1) is 0 Å². The molecule has 2 amide bonds. The topological polar surface area (TPSA) is 73.2 Å². The predicted octanol–water partition coefficient (Wildman–Crippen LogP) is 3.17. The summed E-state index contributed by atoms with van der Waals surface area (Å²) in [4.78, 5) is 26.9. The van der Waals surface area contributed by atoms with E-state index in [4.69, 9.17) is 0 Å². The van der Waals surface area contributed by atoms with E-state index in [2.05, 4.69) is 5.32 Å². The number of aryl methyl sites for hydroxylation is 1. The van der Waals surface area contributed by atoms with Crippen LogP contribution in [0.3, 0.4) is 0 Å². The Hall–Kier alpha value is -3.04. The molecule has 0 saturated carbocycles. The van der Waals surface area contributed by atoms with Gasteiger partial charge in [0.05, 0.1) is 5.25 Å². The molecule has 1 aliphatic rings. The van der Waals surface area contributed by atoms with Crippen molar-refractivity contribution in [3.63, 3.8) is 0 Å². The van der Waals surface area contributed by atoms with Crippen molar-refractivity contribution in [3.05, 3.63) is 76.3 Å². The average Bonchev–Trinajstić information content (AvgIpc) is 3.00. The van der Waals surface area contributed by atoms with Gasteiger partial charge in [0.2, 0.25) is 5.91 Å². The summed E-state index contributed by atoms with van der Waals surface area (Å²) >= 11 is 1.27. The maximum absolute atomic E-state index is 13.2. The first-order valence-corrected chi connectivity index (χ1v) is 9.41. The number of para-hydroxylation sites is 1. The fourth-order valence-corrected chi connectivity index (χ4v) is 4.26. The molecule has 1 atom stereocenters. The van der Waals surface area contributed by atoms with E-state index >= 15 is 0 Å². The van der Waals surface area contributed by atoms with E-state index in [1.54, 1.807) is 12.1 Å². The Morgan fingerprint density at radius 3 is 2.48 bits per heavy atom. The van der Waals surface area contributed by atoms with Crippen molar-refractivity contribution in [3.8, 4) is 6.07 Å². The van der Waals surface area contributed by atoms with Crippen LogP contribution < -0.4 is 10.2 Å². The monoisotopic (exact) mass is 377 g/mol. The van der Waals surface area contributed by atoms with Crippen LogP contribution in [0.1, 0.15) is 11.1 Å². The number of nitriles is 1. The Morgan fingerprint density at radius 2 is 1.85 bits per heavy atom. The van der Waals surface area contributed by atoms with E-state index in [-0.39, 0.29) is 11.5 Å². The Morgan fingerprint density at radius 1 is 1.19 bits per heavy atom. The highest BCUT2D eigenvalue weighted by molar-refractivity contribution is 8.05. The molecule has 0 aliphatic carbocycles. The van der Waals surface area contributed by atoms with Gasteiger partial charge >= 0.3 is 0 Å². The molecule has 1 fully saturated rings. The number of carbonyl (C=O) groups excluding carboxylic acids is 2. The summed E-state index contributed by atoms with van der Waals surface area (Å²) in [5.41, 5.74) is 2.79. The average molecular weight is 377 g/mol. The minimum Gasteiger partial charge on any atom is -0.354 e. The zero-order chi connectivity index (χ0) is 19.4. The molecule has 5 nitrogen and oxygen atoms in total. The van der Waals surface area contributed by atoms with Crippen LogP contribution in [-0.4, -0.2) is 24.1 Å². The highest BCUT2D eigenvalue weighted by atomic mass is 32.2. The number of hydrogen-bond donors (Lipinski definition) is 1. The fraction of sp³-hybridized carbons (Fsp3) is 0.190. The van der Waals surface area contributed by atoms with E-state index in [9.17, 15) is 14.9 Å². The van der Waals surface area contributed by atoms with Gasteiger partial charge in [-0.05, 0) is 36.6 Å². The van der Waals surface area contributed by atoms with Crippen molar-refractivity contribution in [1.29, 1.82) is 5.26 Å². The van der Waals surface area contributed by atoms with E-state index < -0.39 is 11.2 Å². The van der Waals surface area contributed by atoms with Gasteiger partial charge < -0.3 is 5.32 Å². The molecule has 2 aromatic rings. The molecule has 0 aromatic heterocycles. The number of likely N-dealkylation sites (N-methyl/N-ethyl adjacent to an activating group) is 1. The number of nitrogens with zero attached hydrogens (tertiary/aromatic N) is 2. The Kier molecular flexibility index (Phi) is 5.63. The van der Waals surface area contributed by atoms with Crippen LogP contribution in [0, 0.1) is 18.3 Å². The molecule has 6 heteroatoms. The van der Waals surface area contributed by atoms with Gasteiger partial charge in [0.1, 0.15) is 16.7 Å². The molecule has 2 aromatic carbocycles. The zero-order valence-electron chi connectivity index (χ0n) is 15.1. The fourth-order valence-electron chi connectivity index (χ4n) is 2.96. The van der Waals surface area contributed by atoms with Crippen molar-refractivity contribution < 1.29 is 9.59 Å². The summed E-state index contributed by atoms with van der Waals surface area (Å²) < 4.78 is 0. The number of nitrogens with one attached hydrogen (secondary N) is 1. The van der Waals surface area contributed by atoms with Gasteiger partial charge in [-0.25, -0.2) is 0 Å². The maximum atomic E-state index is 13.2. The lowest BCUT2D eigenvalue weighted by Gasteiger charge is -2.18. The number of anilines is 1. The molecule has 1 heterocycles. The van der Waals surface area contributed by atoms with Crippen molar-refractivity contribution in [1.82, 2.24) is 5.32 Å². The van der Waals surface area contributed by atoms with E-state index in [0.29, 0.717) is 17.1 Å². The highest BCUT2D eigenvalue weighted by Crippen LogP contribution is 2.41. The molecule has 136 valence electrons. The second kappa shape index (κ2) is 8.11. The summed E-state index contributed by atoms with van der Waals surface area (Å²) in [5.74, 6) is -0.619. The normalized spacial score (nSPS) is 18.2. The minimum atomic E-state index is -0.495. The molecule has 0 spiro atoms. The molecular weight excluding hydrogens is 358 g/mol. The van der Waals surface area contributed by atoms with Crippen molar-refractivity contribution in [2.75, 3.05) is 11.9 Å². The summed E-state index contributed by atoms with van der Waals surface area (Å²) in [6, 6.07) is 19.0. The van der Waals surface area contributed by atoms with Gasteiger partial charge in [0.15, 0.2) is 0 Å². The first kappa shape index (κ1) is 18.7. The summed E-state index contributed by atoms with van der Waals surface area (Å²) in [7, 11) is 1.47. The number of hydrogen-bond acceptors (Lipinski definition) is 4. The molecule has 27 heavy (non-hydrogen) atoms. The number of benzene rings is 2. The molecular formula is C21H19N3O2S. The summed E-state index contributed by atoms with van der Waals surface area (Å²) in [6.45, 7) is 2.01. The number of thioether (sulfide) groups is 1. The molecule has 1 aliphatic heterocycles. The third kappa shape index (κ3) is 3.74. The number of carbonyl (C=O) groups is 2.